The Balaban J connectivity index is 1.60. The number of imidazole rings is 1. The minimum atomic E-state index is 0.368. The van der Waals surface area contributed by atoms with E-state index in [1.165, 1.54) is 11.1 Å². The summed E-state index contributed by atoms with van der Waals surface area (Å²) in [6.07, 6.45) is 6.91. The topological polar surface area (TPSA) is 50.1 Å². The third-order valence-electron chi connectivity index (χ3n) is 3.86. The summed E-state index contributed by atoms with van der Waals surface area (Å²) >= 11 is 0. The van der Waals surface area contributed by atoms with Crippen LogP contribution in [0, 0.1) is 0 Å². The zero-order valence-electron chi connectivity index (χ0n) is 11.1. The maximum atomic E-state index is 9.48. The third-order valence-corrected chi connectivity index (χ3v) is 3.86. The third kappa shape index (κ3) is 2.49. The summed E-state index contributed by atoms with van der Waals surface area (Å²) in [6.45, 7) is 0.926. The summed E-state index contributed by atoms with van der Waals surface area (Å²) in [5, 5.41) is 13.1. The molecule has 1 aliphatic carbocycles. The van der Waals surface area contributed by atoms with Crippen molar-refractivity contribution in [3.8, 4) is 5.75 Å². The Bertz CT molecular complexity index is 577. The van der Waals surface area contributed by atoms with E-state index in [1.807, 2.05) is 31.6 Å². The lowest BCUT2D eigenvalue weighted by Gasteiger charge is -2.14. The van der Waals surface area contributed by atoms with Crippen LogP contribution in [-0.4, -0.2) is 21.2 Å². The number of fused-ring (bicyclic) bond motifs is 1. The number of rotatable bonds is 4. The van der Waals surface area contributed by atoms with Gasteiger partial charge in [0, 0.05) is 38.4 Å². The highest BCUT2D eigenvalue weighted by Gasteiger charge is 2.21. The zero-order chi connectivity index (χ0) is 13.2. The van der Waals surface area contributed by atoms with Gasteiger partial charge in [-0.25, -0.2) is 4.98 Å². The number of phenolic OH excluding ortho intramolecular Hbond substituents is 1. The van der Waals surface area contributed by atoms with Gasteiger partial charge in [-0.05, 0) is 36.1 Å². The predicted molar refractivity (Wildman–Crippen MR) is 74.1 cm³/mol. The van der Waals surface area contributed by atoms with Crippen LogP contribution in [0.15, 0.2) is 30.6 Å². The van der Waals surface area contributed by atoms with Gasteiger partial charge in [-0.3, -0.25) is 0 Å². The maximum Gasteiger partial charge on any atom is 0.115 e. The molecule has 1 unspecified atom stereocenters. The second-order valence-corrected chi connectivity index (χ2v) is 5.13. The molecule has 0 aliphatic heterocycles. The van der Waals surface area contributed by atoms with Crippen LogP contribution in [0.25, 0.3) is 0 Å². The van der Waals surface area contributed by atoms with Crippen LogP contribution < -0.4 is 5.32 Å². The smallest absolute Gasteiger partial charge is 0.115 e. The largest absolute Gasteiger partial charge is 0.508 e. The number of aromatic nitrogens is 2. The Morgan fingerprint density at radius 2 is 2.37 bits per heavy atom. The monoisotopic (exact) mass is 257 g/mol. The molecule has 2 aromatic rings. The number of phenols is 1. The number of nitrogens with one attached hydrogen (secondary N) is 1. The van der Waals surface area contributed by atoms with E-state index >= 15 is 0 Å². The number of nitrogens with zero attached hydrogens (tertiary/aromatic N) is 2. The normalized spacial score (nSPS) is 17.6. The van der Waals surface area contributed by atoms with Crippen LogP contribution in [0.1, 0.15) is 29.4 Å². The molecular formula is C15H19N3O. The van der Waals surface area contributed by atoms with Crippen molar-refractivity contribution >= 4 is 0 Å². The van der Waals surface area contributed by atoms with Gasteiger partial charge >= 0.3 is 0 Å². The van der Waals surface area contributed by atoms with E-state index in [9.17, 15) is 5.11 Å². The Morgan fingerprint density at radius 3 is 3.16 bits per heavy atom. The molecule has 1 aromatic carbocycles. The molecule has 0 bridgehead atoms. The lowest BCUT2D eigenvalue weighted by Crippen LogP contribution is -2.22. The molecule has 0 fully saturated rings. The van der Waals surface area contributed by atoms with E-state index in [-0.39, 0.29) is 0 Å². The summed E-state index contributed by atoms with van der Waals surface area (Å²) in [6, 6.07) is 6.11. The fraction of sp³-hybridized carbons (Fsp3) is 0.400. The van der Waals surface area contributed by atoms with Gasteiger partial charge in [0.1, 0.15) is 11.6 Å². The van der Waals surface area contributed by atoms with Gasteiger partial charge in [-0.15, -0.1) is 0 Å². The summed E-state index contributed by atoms with van der Waals surface area (Å²) in [5.41, 5.74) is 2.60. The Kier molecular flexibility index (Phi) is 3.25. The highest BCUT2D eigenvalue weighted by molar-refractivity contribution is 5.40. The van der Waals surface area contributed by atoms with Gasteiger partial charge in [-0.1, -0.05) is 6.07 Å². The van der Waals surface area contributed by atoms with Gasteiger partial charge in [-0.2, -0.15) is 0 Å². The molecule has 4 nitrogen and oxygen atoms in total. The van der Waals surface area contributed by atoms with Crippen molar-refractivity contribution in [3.05, 3.63) is 47.5 Å². The first-order valence-corrected chi connectivity index (χ1v) is 6.75. The van der Waals surface area contributed by atoms with Gasteiger partial charge in [0.25, 0.3) is 0 Å². The van der Waals surface area contributed by atoms with E-state index in [0.29, 0.717) is 11.8 Å². The molecule has 2 N–H and O–H groups in total. The van der Waals surface area contributed by atoms with Crippen molar-refractivity contribution < 1.29 is 5.11 Å². The maximum absolute atomic E-state index is 9.48. The van der Waals surface area contributed by atoms with E-state index in [2.05, 4.69) is 14.9 Å². The molecule has 0 amide bonds. The Labute approximate surface area is 113 Å². The number of aromatic hydroxyl groups is 1. The molecule has 19 heavy (non-hydrogen) atoms. The highest BCUT2D eigenvalue weighted by Crippen LogP contribution is 2.33. The standard InChI is InChI=1S/C15H19N3O/c1-18-9-8-17-15(18)6-7-16-14-5-2-11-10-12(19)3-4-13(11)14/h3-4,8-10,14,16,19H,2,5-7H2,1H3. The van der Waals surface area contributed by atoms with Crippen molar-refractivity contribution in [2.75, 3.05) is 6.54 Å². The molecule has 3 rings (SSSR count). The minimum absolute atomic E-state index is 0.368. The number of hydrogen-bond acceptors (Lipinski definition) is 3. The van der Waals surface area contributed by atoms with Crippen LogP contribution in [0.3, 0.4) is 0 Å². The summed E-state index contributed by atoms with van der Waals surface area (Å²) in [5.74, 6) is 1.48. The molecule has 0 spiro atoms. The second kappa shape index (κ2) is 5.05. The molecule has 0 saturated heterocycles. The highest BCUT2D eigenvalue weighted by atomic mass is 16.3. The fourth-order valence-electron chi connectivity index (χ4n) is 2.81. The fourth-order valence-corrected chi connectivity index (χ4v) is 2.81. The molecule has 4 heteroatoms. The Hall–Kier alpha value is -1.81. The van der Waals surface area contributed by atoms with Crippen molar-refractivity contribution in [3.63, 3.8) is 0 Å². The minimum Gasteiger partial charge on any atom is -0.508 e. The van der Waals surface area contributed by atoms with Gasteiger partial charge in [0.15, 0.2) is 0 Å². The van der Waals surface area contributed by atoms with E-state index in [4.69, 9.17) is 0 Å². The average Bonchev–Trinajstić information content (AvgIpc) is 2.97. The van der Waals surface area contributed by atoms with Crippen molar-refractivity contribution in [2.24, 2.45) is 7.05 Å². The van der Waals surface area contributed by atoms with Crippen molar-refractivity contribution in [1.82, 2.24) is 14.9 Å². The molecule has 1 atom stereocenters. The number of aryl methyl sites for hydroxylation is 2. The summed E-state index contributed by atoms with van der Waals surface area (Å²) in [4.78, 5) is 4.33. The SMILES string of the molecule is Cn1ccnc1CCNC1CCc2cc(O)ccc21. The van der Waals surface area contributed by atoms with Crippen molar-refractivity contribution in [2.45, 2.75) is 25.3 Å². The van der Waals surface area contributed by atoms with Gasteiger partial charge in [0.05, 0.1) is 0 Å². The van der Waals surface area contributed by atoms with E-state index < -0.39 is 0 Å². The molecule has 0 saturated carbocycles. The van der Waals surface area contributed by atoms with Gasteiger partial charge < -0.3 is 15.0 Å². The van der Waals surface area contributed by atoms with Crippen LogP contribution in [-0.2, 0) is 19.9 Å². The quantitative estimate of drug-likeness (QED) is 0.880. The van der Waals surface area contributed by atoms with Crippen LogP contribution in [0.2, 0.25) is 0 Å². The molecule has 0 radical (unpaired) electrons. The predicted octanol–water partition coefficient (Wildman–Crippen LogP) is 1.95. The van der Waals surface area contributed by atoms with Crippen LogP contribution in [0.5, 0.6) is 5.75 Å². The van der Waals surface area contributed by atoms with E-state index in [1.54, 1.807) is 6.07 Å². The van der Waals surface area contributed by atoms with Crippen molar-refractivity contribution in [1.29, 1.82) is 0 Å². The summed E-state index contributed by atoms with van der Waals surface area (Å²) < 4.78 is 2.06. The lowest BCUT2D eigenvalue weighted by atomic mass is 10.1. The second-order valence-electron chi connectivity index (χ2n) is 5.13. The molecular weight excluding hydrogens is 238 g/mol. The van der Waals surface area contributed by atoms with Gasteiger partial charge in [0.2, 0.25) is 0 Å². The first kappa shape index (κ1) is 12.2. The molecule has 1 aliphatic rings. The molecule has 1 heterocycles. The van der Waals surface area contributed by atoms with E-state index in [0.717, 1.165) is 31.6 Å². The Morgan fingerprint density at radius 1 is 1.47 bits per heavy atom. The first-order valence-electron chi connectivity index (χ1n) is 6.75. The zero-order valence-corrected chi connectivity index (χ0v) is 11.1. The lowest BCUT2D eigenvalue weighted by molar-refractivity contribution is 0.474. The number of hydrogen-bond donors (Lipinski definition) is 2. The number of benzene rings is 1. The van der Waals surface area contributed by atoms with Crippen LogP contribution in [0.4, 0.5) is 0 Å². The summed E-state index contributed by atoms with van der Waals surface area (Å²) in [7, 11) is 2.02. The van der Waals surface area contributed by atoms with Crippen LogP contribution >= 0.6 is 0 Å². The first-order chi connectivity index (χ1) is 9.24. The molecule has 100 valence electrons. The average molecular weight is 257 g/mol. The molecule has 1 aromatic heterocycles.